The van der Waals surface area contributed by atoms with Crippen molar-refractivity contribution in [3.8, 4) is 0 Å². The molecule has 0 N–H and O–H groups in total. The maximum Gasteiger partial charge on any atom is 0.313 e. The summed E-state index contributed by atoms with van der Waals surface area (Å²) in [6, 6.07) is 0.324. The van der Waals surface area contributed by atoms with Crippen molar-refractivity contribution in [1.82, 2.24) is 4.90 Å². The van der Waals surface area contributed by atoms with Gasteiger partial charge in [0, 0.05) is 6.04 Å². The predicted molar refractivity (Wildman–Crippen MR) is 60.6 cm³/mol. The van der Waals surface area contributed by atoms with Gasteiger partial charge in [-0.3, -0.25) is 4.79 Å². The summed E-state index contributed by atoms with van der Waals surface area (Å²) in [5.41, 5.74) is -0.206. The average molecular weight is 213 g/mol. The fraction of sp³-hybridized carbons (Fsp3) is 0.917. The van der Waals surface area contributed by atoms with Crippen LogP contribution < -0.4 is 0 Å². The Morgan fingerprint density at radius 3 is 2.20 bits per heavy atom. The number of hydrogen-bond donors (Lipinski definition) is 0. The molecule has 15 heavy (non-hydrogen) atoms. The molecule has 1 atom stereocenters. The van der Waals surface area contributed by atoms with Gasteiger partial charge in [-0.15, -0.1) is 0 Å². The van der Waals surface area contributed by atoms with Gasteiger partial charge >= 0.3 is 5.97 Å². The van der Waals surface area contributed by atoms with Crippen molar-refractivity contribution < 1.29 is 9.53 Å². The van der Waals surface area contributed by atoms with Crippen molar-refractivity contribution in [1.29, 1.82) is 0 Å². The molecule has 1 saturated carbocycles. The zero-order chi connectivity index (χ0) is 11.6. The number of ether oxygens (including phenoxy) is 1. The Kier molecular flexibility index (Phi) is 3.77. The van der Waals surface area contributed by atoms with Crippen LogP contribution in [0.15, 0.2) is 0 Å². The molecule has 0 aromatic carbocycles. The van der Waals surface area contributed by atoms with Gasteiger partial charge in [-0.05, 0) is 39.3 Å². The Morgan fingerprint density at radius 2 is 1.93 bits per heavy atom. The van der Waals surface area contributed by atoms with E-state index in [1.165, 1.54) is 7.11 Å². The molecule has 1 fully saturated rings. The van der Waals surface area contributed by atoms with E-state index in [9.17, 15) is 4.79 Å². The van der Waals surface area contributed by atoms with Crippen molar-refractivity contribution in [2.24, 2.45) is 11.3 Å². The molecule has 1 rings (SSSR count). The molecule has 0 aromatic heterocycles. The lowest BCUT2D eigenvalue weighted by atomic mass is 9.88. The van der Waals surface area contributed by atoms with E-state index in [4.69, 9.17) is 4.74 Å². The van der Waals surface area contributed by atoms with Gasteiger partial charge in [0.15, 0.2) is 0 Å². The Balaban J connectivity index is 2.75. The van der Waals surface area contributed by atoms with Crippen LogP contribution in [0.3, 0.4) is 0 Å². The molecule has 0 spiro atoms. The third-order valence-corrected chi connectivity index (χ3v) is 3.34. The Bertz CT molecular complexity index is 232. The number of hydrogen-bond acceptors (Lipinski definition) is 3. The summed E-state index contributed by atoms with van der Waals surface area (Å²) in [5, 5.41) is 0. The fourth-order valence-electron chi connectivity index (χ4n) is 2.39. The first kappa shape index (κ1) is 12.5. The summed E-state index contributed by atoms with van der Waals surface area (Å²) >= 11 is 0. The molecular weight excluding hydrogens is 190 g/mol. The monoisotopic (exact) mass is 213 g/mol. The molecule has 3 nitrogen and oxygen atoms in total. The quantitative estimate of drug-likeness (QED) is 0.653. The molecule has 1 aliphatic rings. The normalized spacial score (nSPS) is 20.5. The van der Waals surface area contributed by atoms with Crippen molar-refractivity contribution in [2.75, 3.05) is 21.2 Å². The van der Waals surface area contributed by atoms with Crippen LogP contribution in [-0.4, -0.2) is 38.1 Å². The van der Waals surface area contributed by atoms with E-state index in [0.717, 1.165) is 19.3 Å². The molecule has 0 aliphatic heterocycles. The van der Waals surface area contributed by atoms with Crippen molar-refractivity contribution in [2.45, 2.75) is 39.2 Å². The molecule has 0 amide bonds. The molecule has 1 aliphatic carbocycles. The molecule has 88 valence electrons. The number of rotatable bonds is 5. The molecule has 0 heterocycles. The van der Waals surface area contributed by atoms with Crippen LogP contribution in [0, 0.1) is 11.3 Å². The highest BCUT2D eigenvalue weighted by Gasteiger charge is 2.57. The first-order chi connectivity index (χ1) is 6.94. The van der Waals surface area contributed by atoms with Crippen LogP contribution >= 0.6 is 0 Å². The van der Waals surface area contributed by atoms with Crippen LogP contribution in [0.25, 0.3) is 0 Å². The summed E-state index contributed by atoms with van der Waals surface area (Å²) in [6.45, 7) is 4.40. The average Bonchev–Trinajstić information content (AvgIpc) is 2.93. The second kappa shape index (κ2) is 4.52. The van der Waals surface area contributed by atoms with Gasteiger partial charge in [0.1, 0.15) is 0 Å². The lowest BCUT2D eigenvalue weighted by molar-refractivity contribution is -0.150. The molecular formula is C12H23NO2. The smallest absolute Gasteiger partial charge is 0.313 e. The third kappa shape index (κ3) is 2.51. The van der Waals surface area contributed by atoms with Gasteiger partial charge in [-0.2, -0.15) is 0 Å². The van der Waals surface area contributed by atoms with Gasteiger partial charge in [0.25, 0.3) is 0 Å². The van der Waals surface area contributed by atoms with Crippen LogP contribution in [-0.2, 0) is 9.53 Å². The maximum atomic E-state index is 11.8. The zero-order valence-corrected chi connectivity index (χ0v) is 10.5. The number of esters is 1. The van der Waals surface area contributed by atoms with E-state index in [1.54, 1.807) is 0 Å². The fourth-order valence-corrected chi connectivity index (χ4v) is 2.39. The Hall–Kier alpha value is -0.570. The largest absolute Gasteiger partial charge is 0.469 e. The molecule has 3 heteroatoms. The summed E-state index contributed by atoms with van der Waals surface area (Å²) in [6.07, 6.45) is 3.02. The summed E-state index contributed by atoms with van der Waals surface area (Å²) in [7, 11) is 5.59. The summed E-state index contributed by atoms with van der Waals surface area (Å²) in [5.74, 6) is 0.585. The lowest BCUT2D eigenvalue weighted by Crippen LogP contribution is -2.42. The third-order valence-electron chi connectivity index (χ3n) is 3.34. The molecule has 0 radical (unpaired) electrons. The van der Waals surface area contributed by atoms with Crippen LogP contribution in [0.4, 0.5) is 0 Å². The minimum Gasteiger partial charge on any atom is -0.469 e. The first-order valence-corrected chi connectivity index (χ1v) is 5.69. The lowest BCUT2D eigenvalue weighted by Gasteiger charge is -2.32. The van der Waals surface area contributed by atoms with E-state index < -0.39 is 0 Å². The van der Waals surface area contributed by atoms with Crippen molar-refractivity contribution in [3.63, 3.8) is 0 Å². The highest BCUT2D eigenvalue weighted by molar-refractivity contribution is 5.80. The van der Waals surface area contributed by atoms with Crippen molar-refractivity contribution >= 4 is 5.97 Å². The Morgan fingerprint density at radius 1 is 1.40 bits per heavy atom. The van der Waals surface area contributed by atoms with Crippen molar-refractivity contribution in [3.05, 3.63) is 0 Å². The van der Waals surface area contributed by atoms with E-state index in [0.29, 0.717) is 12.0 Å². The highest BCUT2D eigenvalue weighted by atomic mass is 16.5. The second-order valence-corrected chi connectivity index (χ2v) is 5.26. The van der Waals surface area contributed by atoms with E-state index in [1.807, 2.05) is 0 Å². The van der Waals surface area contributed by atoms with Gasteiger partial charge < -0.3 is 9.64 Å². The number of methoxy groups -OCH3 is 1. The molecule has 0 saturated heterocycles. The van der Waals surface area contributed by atoms with Gasteiger partial charge in [0.05, 0.1) is 12.5 Å². The maximum absolute atomic E-state index is 11.8. The second-order valence-electron chi connectivity index (χ2n) is 5.26. The predicted octanol–water partition coefficient (Wildman–Crippen LogP) is 1.92. The number of carbonyl (C=O) groups excluding carboxylic acids is 1. The van der Waals surface area contributed by atoms with Gasteiger partial charge in [-0.25, -0.2) is 0 Å². The SMILES string of the molecule is COC(=O)C1(C(CC(C)C)N(C)C)CC1. The zero-order valence-electron chi connectivity index (χ0n) is 10.5. The Labute approximate surface area is 92.8 Å². The minimum absolute atomic E-state index is 0.0261. The topological polar surface area (TPSA) is 29.5 Å². The van der Waals surface area contributed by atoms with Crippen LogP contribution in [0.5, 0.6) is 0 Å². The van der Waals surface area contributed by atoms with Crippen LogP contribution in [0.2, 0.25) is 0 Å². The van der Waals surface area contributed by atoms with E-state index in [2.05, 4.69) is 32.8 Å². The molecule has 0 aromatic rings. The van der Waals surface area contributed by atoms with Crippen LogP contribution in [0.1, 0.15) is 33.1 Å². The minimum atomic E-state index is -0.206. The summed E-state index contributed by atoms with van der Waals surface area (Å²) < 4.78 is 4.92. The standard InChI is InChI=1S/C12H23NO2/c1-9(2)8-10(13(3)4)12(6-7-12)11(14)15-5/h9-10H,6-8H2,1-5H3. The number of carbonyl (C=O) groups is 1. The van der Waals surface area contributed by atoms with E-state index in [-0.39, 0.29) is 11.4 Å². The van der Waals surface area contributed by atoms with E-state index >= 15 is 0 Å². The number of nitrogens with zero attached hydrogens (tertiary/aromatic N) is 1. The summed E-state index contributed by atoms with van der Waals surface area (Å²) in [4.78, 5) is 13.9. The molecule has 0 bridgehead atoms. The van der Waals surface area contributed by atoms with Gasteiger partial charge in [0.2, 0.25) is 0 Å². The molecule has 1 unspecified atom stereocenters. The highest BCUT2D eigenvalue weighted by Crippen LogP contribution is 2.52. The first-order valence-electron chi connectivity index (χ1n) is 5.69. The van der Waals surface area contributed by atoms with Gasteiger partial charge in [-0.1, -0.05) is 13.8 Å².